The Morgan fingerprint density at radius 1 is 1.00 bits per heavy atom. The Hall–Kier alpha value is 3.54. The van der Waals surface area contributed by atoms with Crippen LogP contribution in [0.15, 0.2) is 0 Å². The largest absolute Gasteiger partial charge is 0.412 e. The van der Waals surface area contributed by atoms with Crippen molar-refractivity contribution in [2.24, 2.45) is 0 Å². The zero-order valence-electron chi connectivity index (χ0n) is 2.91. The summed E-state index contributed by atoms with van der Waals surface area (Å²) in [6, 6.07) is 0. The molecule has 5 heavy (non-hydrogen) atoms. The van der Waals surface area contributed by atoms with Crippen molar-refractivity contribution < 1.29 is 48.3 Å². The summed E-state index contributed by atoms with van der Waals surface area (Å²) in [7, 11) is 0. The van der Waals surface area contributed by atoms with Gasteiger partial charge in [0.15, 0.2) is 0 Å². The van der Waals surface area contributed by atoms with Crippen molar-refractivity contribution in [3.63, 3.8) is 0 Å². The van der Waals surface area contributed by atoms with Crippen LogP contribution in [0.2, 0.25) is 0 Å². The van der Waals surface area contributed by atoms with Gasteiger partial charge in [0, 0.05) is 112 Å². The molecule has 0 saturated heterocycles. The molecule has 0 amide bonds. The molecular weight excluding hydrogens is 359 g/mol. The summed E-state index contributed by atoms with van der Waals surface area (Å²) in [6.07, 6.45) is 0. The molecule has 1 nitrogen and oxygen atoms in total. The predicted molar refractivity (Wildman–Crippen MR) is 15.1 cm³/mol. The first-order valence-electron chi connectivity index (χ1n) is 0. The van der Waals surface area contributed by atoms with Crippen molar-refractivity contribution in [3.8, 4) is 0 Å². The van der Waals surface area contributed by atoms with Gasteiger partial charge in [0.1, 0.15) is 0 Å². The maximum atomic E-state index is 0. The van der Waals surface area contributed by atoms with Crippen LogP contribution in [0.1, 0.15) is 0 Å². The first-order valence-corrected chi connectivity index (χ1v) is 0. The summed E-state index contributed by atoms with van der Waals surface area (Å²) in [5.41, 5.74) is 0. The molecule has 0 atom stereocenters. The number of rotatable bonds is 0. The van der Waals surface area contributed by atoms with Crippen molar-refractivity contribution in [2.45, 2.75) is 0 Å². The van der Waals surface area contributed by atoms with Crippen LogP contribution in [-0.4, -0.2) is 74.5 Å². The van der Waals surface area contributed by atoms with E-state index in [2.05, 4.69) is 0 Å². The molecule has 0 aromatic carbocycles. The molecule has 5 heteroatoms. The van der Waals surface area contributed by atoms with Gasteiger partial charge < -0.3 is 5.48 Å². The third-order valence-corrected chi connectivity index (χ3v) is 0. The summed E-state index contributed by atoms with van der Waals surface area (Å²) in [4.78, 5) is 0. The Balaban J connectivity index is 0. The molecule has 0 aliphatic heterocycles. The predicted octanol–water partition coefficient (Wildman–Crippen LogP) is -1.59. The van der Waals surface area contributed by atoms with Gasteiger partial charge in [-0.3, -0.25) is 0 Å². The van der Waals surface area contributed by atoms with E-state index in [-0.39, 0.29) is 117 Å². The van der Waals surface area contributed by atoms with Crippen molar-refractivity contribution in [3.05, 3.63) is 0 Å². The van der Waals surface area contributed by atoms with Crippen LogP contribution in [0.25, 0.3) is 0 Å². The van der Waals surface area contributed by atoms with Gasteiger partial charge in [-0.2, -0.15) is 0 Å². The maximum Gasteiger partial charge on any atom is 0 e. The molecule has 0 aromatic rings. The molecule has 0 rings (SSSR count). The second-order valence-electron chi connectivity index (χ2n) is 0. The minimum absolute atomic E-state index is 0. The Morgan fingerprint density at radius 3 is 1.00 bits per heavy atom. The van der Waals surface area contributed by atoms with Crippen LogP contribution in [0.3, 0.4) is 0 Å². The number of hydrogen-bond acceptors (Lipinski definition) is 0. The van der Waals surface area contributed by atoms with Gasteiger partial charge in [-0.15, -0.1) is 0 Å². The van der Waals surface area contributed by atoms with Gasteiger partial charge in [-0.1, -0.05) is 0 Å². The Morgan fingerprint density at radius 2 is 1.00 bits per heavy atom. The standard InChI is InChI=1S/Ge.K.H2O.Ti.W/h;;1H2;;. The minimum atomic E-state index is 0. The van der Waals surface area contributed by atoms with Crippen molar-refractivity contribution in [2.75, 3.05) is 0 Å². The van der Waals surface area contributed by atoms with E-state index in [1.807, 2.05) is 0 Å². The van der Waals surface area contributed by atoms with E-state index in [1.54, 1.807) is 0 Å². The molecule has 5 radical (unpaired) electrons. The third-order valence-electron chi connectivity index (χ3n) is 0. The van der Waals surface area contributed by atoms with Crippen molar-refractivity contribution in [1.29, 1.82) is 0 Å². The van der Waals surface area contributed by atoms with Crippen LogP contribution in [-0.2, 0) is 42.8 Å². The Bertz CT molecular complexity index is 11.6. The quantitative estimate of drug-likeness (QED) is 0.466. The SMILES string of the molecule is O.[Ge].[K].[Ti].[W]. The maximum absolute atomic E-state index is 0. The van der Waals surface area contributed by atoms with E-state index >= 15 is 0 Å². The van der Waals surface area contributed by atoms with E-state index in [4.69, 9.17) is 0 Å². The monoisotopic (exact) mass is 363 g/mol. The van der Waals surface area contributed by atoms with Gasteiger partial charge >= 0.3 is 0 Å². The summed E-state index contributed by atoms with van der Waals surface area (Å²) in [5, 5.41) is 0. The van der Waals surface area contributed by atoms with Gasteiger partial charge in [0.05, 0.1) is 0 Å². The fourth-order valence-electron chi connectivity index (χ4n) is 0. The van der Waals surface area contributed by atoms with Crippen molar-refractivity contribution >= 4 is 69.0 Å². The molecule has 23 valence electrons. The van der Waals surface area contributed by atoms with Gasteiger partial charge in [0.2, 0.25) is 0 Å². The van der Waals surface area contributed by atoms with Crippen LogP contribution >= 0.6 is 0 Å². The average molecular weight is 361 g/mol. The molecule has 0 bridgehead atoms. The van der Waals surface area contributed by atoms with E-state index in [0.29, 0.717) is 0 Å². The zero-order chi connectivity index (χ0) is 0. The second-order valence-corrected chi connectivity index (χ2v) is 0. The molecular formula is H2GeKOTiW. The van der Waals surface area contributed by atoms with E-state index < -0.39 is 0 Å². The van der Waals surface area contributed by atoms with Crippen LogP contribution in [0.4, 0.5) is 0 Å². The molecule has 0 spiro atoms. The Labute approximate surface area is 114 Å². The first-order chi connectivity index (χ1) is 0. The van der Waals surface area contributed by atoms with Crippen LogP contribution in [0, 0.1) is 0 Å². The van der Waals surface area contributed by atoms with Crippen molar-refractivity contribution in [1.82, 2.24) is 0 Å². The fraction of sp³-hybridized carbons (Fsp3) is 0. The molecule has 0 heterocycles. The van der Waals surface area contributed by atoms with Crippen LogP contribution in [0.5, 0.6) is 0 Å². The first kappa shape index (κ1) is 38.7. The minimum Gasteiger partial charge on any atom is -0.412 e. The molecule has 0 fully saturated rings. The van der Waals surface area contributed by atoms with E-state index in [1.165, 1.54) is 0 Å². The summed E-state index contributed by atoms with van der Waals surface area (Å²) < 4.78 is 0. The zero-order valence-corrected chi connectivity index (χ0v) is 12.6. The third kappa shape index (κ3) is 18.5. The van der Waals surface area contributed by atoms with Crippen LogP contribution < -0.4 is 0 Å². The smallest absolute Gasteiger partial charge is 0 e. The molecule has 0 unspecified atom stereocenters. The molecule has 0 aromatic heterocycles. The van der Waals surface area contributed by atoms with Gasteiger partial charge in [-0.25, -0.2) is 0 Å². The summed E-state index contributed by atoms with van der Waals surface area (Å²) in [6.45, 7) is 0. The van der Waals surface area contributed by atoms with E-state index in [0.717, 1.165) is 0 Å². The fourth-order valence-corrected chi connectivity index (χ4v) is 0. The summed E-state index contributed by atoms with van der Waals surface area (Å²) in [5.74, 6) is 0. The van der Waals surface area contributed by atoms with E-state index in [9.17, 15) is 0 Å². The second kappa shape index (κ2) is 25.7. The average Bonchev–Trinajstić information content (AvgIpc) is 0. The molecule has 0 aliphatic carbocycles. The number of hydrogen-bond donors (Lipinski definition) is 0. The van der Waals surface area contributed by atoms with Gasteiger partial charge in [0.25, 0.3) is 0 Å². The van der Waals surface area contributed by atoms with Gasteiger partial charge in [-0.05, 0) is 0 Å². The molecule has 2 N–H and O–H groups in total. The molecule has 0 saturated carbocycles. The molecule has 0 aliphatic rings. The normalized spacial score (nSPS) is 0. The topological polar surface area (TPSA) is 31.5 Å². The Kier molecular flexibility index (Phi) is 199. The summed E-state index contributed by atoms with van der Waals surface area (Å²) >= 11 is 0.